The van der Waals surface area contributed by atoms with Gasteiger partial charge in [-0.3, -0.25) is 0 Å². The first kappa shape index (κ1) is 12.8. The zero-order chi connectivity index (χ0) is 12.1. The Balaban J connectivity index is 1.95. The summed E-state index contributed by atoms with van der Waals surface area (Å²) >= 11 is 1.73. The lowest BCUT2D eigenvalue weighted by molar-refractivity contribution is 0.00399. The number of thiophene rings is 1. The Morgan fingerprint density at radius 1 is 1.41 bits per heavy atom. The third-order valence-corrected chi connectivity index (χ3v) is 4.79. The van der Waals surface area contributed by atoms with Crippen LogP contribution >= 0.6 is 11.3 Å². The minimum atomic E-state index is -0.650. The fourth-order valence-corrected chi connectivity index (χ4v) is 3.56. The van der Waals surface area contributed by atoms with Crippen LogP contribution in [0.25, 0.3) is 0 Å². The molecule has 1 fully saturated rings. The van der Waals surface area contributed by atoms with Crippen molar-refractivity contribution in [2.24, 2.45) is 5.92 Å². The van der Waals surface area contributed by atoms with Gasteiger partial charge in [-0.05, 0) is 54.0 Å². The maximum atomic E-state index is 10.7. The molecule has 0 bridgehead atoms. The Morgan fingerprint density at radius 2 is 2.18 bits per heavy atom. The van der Waals surface area contributed by atoms with Crippen molar-refractivity contribution in [3.05, 3.63) is 35.0 Å². The van der Waals surface area contributed by atoms with E-state index < -0.39 is 5.60 Å². The van der Waals surface area contributed by atoms with Gasteiger partial charge in [-0.2, -0.15) is 11.3 Å². The van der Waals surface area contributed by atoms with Gasteiger partial charge in [-0.1, -0.05) is 25.3 Å². The summed E-state index contributed by atoms with van der Waals surface area (Å²) in [5, 5.41) is 15.0. The highest BCUT2D eigenvalue weighted by Crippen LogP contribution is 2.36. The van der Waals surface area contributed by atoms with E-state index in [-0.39, 0.29) is 0 Å². The van der Waals surface area contributed by atoms with Gasteiger partial charge >= 0.3 is 0 Å². The molecule has 0 radical (unpaired) electrons. The second-order valence-electron chi connectivity index (χ2n) is 5.16. The standard InChI is InChI=1S/C15H22OS/c1-2-15(16,14-6-4-3-5-7-14)10-8-13-9-11-17-12-13/h2,9,11-12,14,16H,1,3-8,10H2. The van der Waals surface area contributed by atoms with E-state index in [0.717, 1.165) is 25.7 Å². The van der Waals surface area contributed by atoms with E-state index >= 15 is 0 Å². The summed E-state index contributed by atoms with van der Waals surface area (Å²) < 4.78 is 0. The first-order valence-electron chi connectivity index (χ1n) is 6.61. The van der Waals surface area contributed by atoms with Gasteiger partial charge in [0, 0.05) is 0 Å². The molecule has 1 aromatic rings. The van der Waals surface area contributed by atoms with Crippen molar-refractivity contribution in [2.75, 3.05) is 0 Å². The minimum absolute atomic E-state index is 0.424. The van der Waals surface area contributed by atoms with E-state index in [9.17, 15) is 5.11 Å². The molecule has 94 valence electrons. The first-order chi connectivity index (χ1) is 8.24. The van der Waals surface area contributed by atoms with E-state index in [4.69, 9.17) is 0 Å². The largest absolute Gasteiger partial charge is 0.386 e. The van der Waals surface area contributed by atoms with Gasteiger partial charge in [0.05, 0.1) is 5.60 Å². The van der Waals surface area contributed by atoms with Gasteiger partial charge < -0.3 is 5.11 Å². The Kier molecular flexibility index (Phi) is 4.41. The molecule has 1 aliphatic rings. The van der Waals surface area contributed by atoms with Crippen LogP contribution in [0.1, 0.15) is 44.1 Å². The summed E-state index contributed by atoms with van der Waals surface area (Å²) in [6, 6.07) is 2.15. The number of rotatable bonds is 5. The van der Waals surface area contributed by atoms with Crippen molar-refractivity contribution in [3.63, 3.8) is 0 Å². The molecule has 2 heteroatoms. The maximum absolute atomic E-state index is 10.7. The molecule has 1 heterocycles. The van der Waals surface area contributed by atoms with Crippen LogP contribution < -0.4 is 0 Å². The van der Waals surface area contributed by atoms with Crippen molar-refractivity contribution in [3.8, 4) is 0 Å². The van der Waals surface area contributed by atoms with Crippen LogP contribution in [-0.2, 0) is 6.42 Å². The van der Waals surface area contributed by atoms with Crippen LogP contribution in [0.2, 0.25) is 0 Å². The molecule has 0 amide bonds. The predicted molar refractivity (Wildman–Crippen MR) is 74.4 cm³/mol. The van der Waals surface area contributed by atoms with Gasteiger partial charge in [-0.15, -0.1) is 6.58 Å². The molecule has 0 saturated heterocycles. The molecular formula is C15H22OS. The molecule has 2 rings (SSSR count). The highest BCUT2D eigenvalue weighted by molar-refractivity contribution is 7.07. The summed E-state index contributed by atoms with van der Waals surface area (Å²) in [5.41, 5.74) is 0.689. The van der Waals surface area contributed by atoms with E-state index in [1.54, 1.807) is 17.4 Å². The highest BCUT2D eigenvalue weighted by Gasteiger charge is 2.33. The number of aryl methyl sites for hydroxylation is 1. The molecule has 1 atom stereocenters. The molecule has 1 saturated carbocycles. The average Bonchev–Trinajstić information content (AvgIpc) is 2.90. The zero-order valence-electron chi connectivity index (χ0n) is 10.4. The van der Waals surface area contributed by atoms with Crippen molar-refractivity contribution in [1.82, 2.24) is 0 Å². The van der Waals surface area contributed by atoms with E-state index in [1.165, 1.54) is 24.8 Å². The second kappa shape index (κ2) is 5.83. The smallest absolute Gasteiger partial charge is 0.0856 e. The summed E-state index contributed by atoms with van der Waals surface area (Å²) in [4.78, 5) is 0. The molecule has 1 N–H and O–H groups in total. The van der Waals surface area contributed by atoms with Crippen LogP contribution in [0.15, 0.2) is 29.5 Å². The van der Waals surface area contributed by atoms with E-state index in [1.807, 2.05) is 0 Å². The van der Waals surface area contributed by atoms with Crippen LogP contribution in [-0.4, -0.2) is 10.7 Å². The van der Waals surface area contributed by atoms with Crippen molar-refractivity contribution < 1.29 is 5.11 Å². The normalized spacial score (nSPS) is 21.0. The molecule has 0 spiro atoms. The van der Waals surface area contributed by atoms with Crippen LogP contribution in [0, 0.1) is 5.92 Å². The summed E-state index contributed by atoms with van der Waals surface area (Å²) in [7, 11) is 0. The zero-order valence-corrected chi connectivity index (χ0v) is 11.2. The minimum Gasteiger partial charge on any atom is -0.386 e. The quantitative estimate of drug-likeness (QED) is 0.777. The van der Waals surface area contributed by atoms with Crippen LogP contribution in [0.3, 0.4) is 0 Å². The molecule has 1 aliphatic carbocycles. The lowest BCUT2D eigenvalue weighted by atomic mass is 9.74. The second-order valence-corrected chi connectivity index (χ2v) is 5.94. The Bertz CT molecular complexity index is 338. The maximum Gasteiger partial charge on any atom is 0.0856 e. The summed E-state index contributed by atoms with van der Waals surface area (Å²) in [5.74, 6) is 0.424. The highest BCUT2D eigenvalue weighted by atomic mass is 32.1. The van der Waals surface area contributed by atoms with E-state index in [2.05, 4.69) is 23.4 Å². The average molecular weight is 250 g/mol. The Hall–Kier alpha value is -0.600. The Morgan fingerprint density at radius 3 is 2.76 bits per heavy atom. The molecule has 1 unspecified atom stereocenters. The lowest BCUT2D eigenvalue weighted by Gasteiger charge is -2.36. The van der Waals surface area contributed by atoms with Crippen molar-refractivity contribution in [1.29, 1.82) is 0 Å². The fourth-order valence-electron chi connectivity index (χ4n) is 2.85. The van der Waals surface area contributed by atoms with Gasteiger partial charge in [0.15, 0.2) is 0 Å². The summed E-state index contributed by atoms with van der Waals surface area (Å²) in [6.07, 6.45) is 9.74. The molecular weight excluding hydrogens is 228 g/mol. The number of hydrogen-bond donors (Lipinski definition) is 1. The summed E-state index contributed by atoms with van der Waals surface area (Å²) in [6.45, 7) is 3.86. The predicted octanol–water partition coefficient (Wildman–Crippen LogP) is 4.18. The van der Waals surface area contributed by atoms with Gasteiger partial charge in [0.1, 0.15) is 0 Å². The third-order valence-electron chi connectivity index (χ3n) is 4.06. The first-order valence-corrected chi connectivity index (χ1v) is 7.56. The molecule has 1 aromatic heterocycles. The van der Waals surface area contributed by atoms with Gasteiger partial charge in [-0.25, -0.2) is 0 Å². The Labute approximate surface area is 108 Å². The van der Waals surface area contributed by atoms with Crippen LogP contribution in [0.5, 0.6) is 0 Å². The topological polar surface area (TPSA) is 20.2 Å². The molecule has 0 aliphatic heterocycles. The van der Waals surface area contributed by atoms with E-state index in [0.29, 0.717) is 5.92 Å². The molecule has 1 nitrogen and oxygen atoms in total. The van der Waals surface area contributed by atoms with Gasteiger partial charge in [0.25, 0.3) is 0 Å². The lowest BCUT2D eigenvalue weighted by Crippen LogP contribution is -2.37. The fraction of sp³-hybridized carbons (Fsp3) is 0.600. The monoisotopic (exact) mass is 250 g/mol. The molecule has 17 heavy (non-hydrogen) atoms. The van der Waals surface area contributed by atoms with Crippen LogP contribution in [0.4, 0.5) is 0 Å². The number of aliphatic hydroxyl groups is 1. The van der Waals surface area contributed by atoms with Crippen molar-refractivity contribution in [2.45, 2.75) is 50.5 Å². The number of hydrogen-bond acceptors (Lipinski definition) is 2. The molecule has 0 aromatic carbocycles. The van der Waals surface area contributed by atoms with Crippen molar-refractivity contribution >= 4 is 11.3 Å². The third kappa shape index (κ3) is 3.20. The van der Waals surface area contributed by atoms with Gasteiger partial charge in [0.2, 0.25) is 0 Å². The SMILES string of the molecule is C=CC(O)(CCc1ccsc1)C1CCCCC1.